The first-order valence-electron chi connectivity index (χ1n) is 12.4. The second-order valence-electron chi connectivity index (χ2n) is 9.73. The molecule has 0 saturated carbocycles. The summed E-state index contributed by atoms with van der Waals surface area (Å²) < 4.78 is 0. The highest BCUT2D eigenvalue weighted by Gasteiger charge is 2.41. The van der Waals surface area contributed by atoms with Gasteiger partial charge in [0.2, 0.25) is 0 Å². The van der Waals surface area contributed by atoms with Gasteiger partial charge in [0.25, 0.3) is 5.91 Å². The third-order valence-corrected chi connectivity index (χ3v) is 7.43. The van der Waals surface area contributed by atoms with Crippen LogP contribution in [0, 0.1) is 12.8 Å². The Morgan fingerprint density at radius 2 is 1.72 bits per heavy atom. The van der Waals surface area contributed by atoms with E-state index in [-0.39, 0.29) is 24.0 Å². The van der Waals surface area contributed by atoms with Gasteiger partial charge in [-0.05, 0) is 55.6 Å². The van der Waals surface area contributed by atoms with E-state index in [9.17, 15) is 4.79 Å². The Morgan fingerprint density at radius 3 is 2.36 bits per heavy atom. The third-order valence-electron chi connectivity index (χ3n) is 6.71. The van der Waals surface area contributed by atoms with Gasteiger partial charge in [-0.1, -0.05) is 85.1 Å². The molecule has 3 aromatic rings. The van der Waals surface area contributed by atoms with E-state index in [1.54, 1.807) is 0 Å². The summed E-state index contributed by atoms with van der Waals surface area (Å²) in [6.07, 6.45) is 0.540. The zero-order valence-electron chi connectivity index (χ0n) is 21.0. The summed E-state index contributed by atoms with van der Waals surface area (Å²) in [5.41, 5.74) is 10.8. The van der Waals surface area contributed by atoms with Crippen molar-refractivity contribution < 1.29 is 4.79 Å². The van der Waals surface area contributed by atoms with Gasteiger partial charge in [0, 0.05) is 18.7 Å². The number of aryl methyl sites for hydroxylation is 1. The van der Waals surface area contributed by atoms with Crippen molar-refractivity contribution in [2.45, 2.75) is 45.9 Å². The third kappa shape index (κ3) is 5.64. The monoisotopic (exact) mass is 524 g/mol. The van der Waals surface area contributed by atoms with Gasteiger partial charge in [-0.2, -0.15) is 0 Å². The van der Waals surface area contributed by atoms with Crippen LogP contribution in [0.25, 0.3) is 0 Å². The molecule has 36 heavy (non-hydrogen) atoms. The molecule has 7 heteroatoms. The molecule has 3 N–H and O–H groups in total. The molecule has 1 aliphatic heterocycles. The maximum absolute atomic E-state index is 13.9. The van der Waals surface area contributed by atoms with Crippen LogP contribution >= 0.6 is 23.2 Å². The van der Waals surface area contributed by atoms with E-state index in [0.29, 0.717) is 35.2 Å². The second-order valence-corrected chi connectivity index (χ2v) is 10.5. The fourth-order valence-electron chi connectivity index (χ4n) is 4.91. The Hall–Kier alpha value is -2.73. The molecule has 3 aromatic carbocycles. The molecule has 0 aliphatic carbocycles. The number of carbonyl (C=O) groups excluding carboxylic acids is 1. The molecule has 0 saturated heterocycles. The number of nitrogens with zero attached hydrogens (tertiary/aromatic N) is 2. The molecule has 0 spiro atoms. The predicted octanol–water partition coefficient (Wildman–Crippen LogP) is 6.58. The molecule has 2 atom stereocenters. The average Bonchev–Trinajstić information content (AvgIpc) is 3.18. The fourth-order valence-corrected chi connectivity index (χ4v) is 5.24. The van der Waals surface area contributed by atoms with Gasteiger partial charge in [-0.25, -0.2) is 0 Å². The first-order valence-corrected chi connectivity index (χ1v) is 13.2. The van der Waals surface area contributed by atoms with Gasteiger partial charge in [-0.3, -0.25) is 4.79 Å². The maximum Gasteiger partial charge on any atom is 0.254 e. The largest absolute Gasteiger partial charge is 0.362 e. The van der Waals surface area contributed by atoms with Crippen LogP contribution < -0.4 is 16.0 Å². The minimum atomic E-state index is -0.179. The zero-order valence-corrected chi connectivity index (χ0v) is 22.6. The van der Waals surface area contributed by atoms with Crippen molar-refractivity contribution in [1.82, 2.24) is 4.90 Å². The Balaban J connectivity index is 1.76. The lowest BCUT2D eigenvalue weighted by Crippen LogP contribution is -2.57. The molecule has 1 aliphatic rings. The predicted molar refractivity (Wildman–Crippen MR) is 151 cm³/mol. The summed E-state index contributed by atoms with van der Waals surface area (Å²) in [4.78, 5) is 18.2. The molecule has 5 nitrogen and oxygen atoms in total. The number of benzene rings is 3. The molecule has 1 amide bonds. The van der Waals surface area contributed by atoms with Gasteiger partial charge in [0.05, 0.1) is 27.5 Å². The van der Waals surface area contributed by atoms with Crippen molar-refractivity contribution in [1.29, 1.82) is 0 Å². The van der Waals surface area contributed by atoms with Gasteiger partial charge in [0.15, 0.2) is 0 Å². The fraction of sp³-hybridized carbons (Fsp3) is 0.345. The molecule has 0 bridgehead atoms. The van der Waals surface area contributed by atoms with E-state index in [1.807, 2.05) is 66.4 Å². The zero-order chi connectivity index (χ0) is 25.8. The number of fused-ring (bicyclic) bond motifs is 1. The van der Waals surface area contributed by atoms with Crippen LogP contribution in [0.2, 0.25) is 10.0 Å². The van der Waals surface area contributed by atoms with Crippen molar-refractivity contribution in [3.63, 3.8) is 0 Å². The molecular weight excluding hydrogens is 491 g/mol. The van der Waals surface area contributed by atoms with Gasteiger partial charge in [-0.15, -0.1) is 0 Å². The highest BCUT2D eigenvalue weighted by molar-refractivity contribution is 6.42. The quantitative estimate of drug-likeness (QED) is 0.332. The summed E-state index contributed by atoms with van der Waals surface area (Å²) in [6, 6.07) is 21.7. The normalized spacial score (nSPS) is 15.5. The lowest BCUT2D eigenvalue weighted by molar-refractivity contribution is 0.0594. The minimum Gasteiger partial charge on any atom is -0.362 e. The summed E-state index contributed by atoms with van der Waals surface area (Å²) in [5, 5.41) is 4.69. The standard InChI is InChI=1S/C29H34Cl2N4O/c1-19(2)27(34(15-7-14-32)29(36)22-12-10-20(3)11-13-22)28-33-25-16-23(30)24(31)17-26(25)35(28)18-21-8-5-4-6-9-21/h4-6,8-13,16-17,19,27-28,33H,7,14-15,18,32H2,1-3H3/t27-,28?/m1/s1. The van der Waals surface area contributed by atoms with E-state index >= 15 is 0 Å². The molecule has 0 fully saturated rings. The van der Waals surface area contributed by atoms with Crippen molar-refractivity contribution >= 4 is 40.5 Å². The Bertz CT molecular complexity index is 1180. The van der Waals surface area contributed by atoms with Gasteiger partial charge < -0.3 is 20.9 Å². The Kier molecular flexibility index (Phi) is 8.45. The molecule has 190 valence electrons. The topological polar surface area (TPSA) is 61.6 Å². The summed E-state index contributed by atoms with van der Waals surface area (Å²) in [6.45, 7) is 8.09. The summed E-state index contributed by atoms with van der Waals surface area (Å²) in [7, 11) is 0. The summed E-state index contributed by atoms with van der Waals surface area (Å²) >= 11 is 12.9. The van der Waals surface area contributed by atoms with Gasteiger partial charge in [0.1, 0.15) is 6.17 Å². The van der Waals surface area contributed by atoms with Crippen LogP contribution in [0.3, 0.4) is 0 Å². The molecule has 1 unspecified atom stereocenters. The van der Waals surface area contributed by atoms with Crippen LogP contribution in [-0.4, -0.2) is 36.1 Å². The first kappa shape index (κ1) is 26.3. The minimum absolute atomic E-state index is 0.00984. The Morgan fingerprint density at radius 1 is 1.06 bits per heavy atom. The van der Waals surface area contributed by atoms with E-state index in [1.165, 1.54) is 5.56 Å². The number of anilines is 2. The van der Waals surface area contributed by atoms with Crippen molar-refractivity contribution in [3.05, 3.63) is 93.5 Å². The Labute approximate surface area is 224 Å². The van der Waals surface area contributed by atoms with Crippen LogP contribution in [0.15, 0.2) is 66.7 Å². The second kappa shape index (κ2) is 11.5. The van der Waals surface area contributed by atoms with Crippen molar-refractivity contribution in [2.75, 3.05) is 23.3 Å². The maximum atomic E-state index is 13.9. The van der Waals surface area contributed by atoms with Crippen LogP contribution in [0.1, 0.15) is 41.8 Å². The SMILES string of the molecule is Cc1ccc(C(=O)N(CCCN)[C@H](C(C)C)C2Nc3cc(Cl)c(Cl)cc3N2Cc2ccccc2)cc1. The number of amides is 1. The van der Waals surface area contributed by atoms with E-state index in [2.05, 4.69) is 36.2 Å². The van der Waals surface area contributed by atoms with Crippen LogP contribution in [0.5, 0.6) is 0 Å². The van der Waals surface area contributed by atoms with Crippen molar-refractivity contribution in [3.8, 4) is 0 Å². The molecular formula is C29H34Cl2N4O. The summed E-state index contributed by atoms with van der Waals surface area (Å²) in [5.74, 6) is 0.170. The highest BCUT2D eigenvalue weighted by atomic mass is 35.5. The first-order chi connectivity index (χ1) is 17.3. The number of nitrogens with two attached hydrogens (primary N) is 1. The molecule has 0 radical (unpaired) electrons. The van der Waals surface area contributed by atoms with E-state index < -0.39 is 0 Å². The van der Waals surface area contributed by atoms with Crippen LogP contribution in [-0.2, 0) is 6.54 Å². The van der Waals surface area contributed by atoms with Crippen molar-refractivity contribution in [2.24, 2.45) is 11.7 Å². The van der Waals surface area contributed by atoms with Gasteiger partial charge >= 0.3 is 0 Å². The number of halogens is 2. The van der Waals surface area contributed by atoms with E-state index in [4.69, 9.17) is 28.9 Å². The number of nitrogens with one attached hydrogen (secondary N) is 1. The van der Waals surface area contributed by atoms with Crippen LogP contribution in [0.4, 0.5) is 11.4 Å². The molecule has 1 heterocycles. The number of carbonyl (C=O) groups is 1. The molecule has 4 rings (SSSR count). The van der Waals surface area contributed by atoms with E-state index in [0.717, 1.165) is 23.4 Å². The lowest BCUT2D eigenvalue weighted by Gasteiger charge is -2.42. The average molecular weight is 526 g/mol. The highest BCUT2D eigenvalue weighted by Crippen LogP contribution is 2.43. The number of hydrogen-bond donors (Lipinski definition) is 2. The molecule has 0 aromatic heterocycles. The smallest absolute Gasteiger partial charge is 0.254 e. The number of rotatable bonds is 9. The lowest BCUT2D eigenvalue weighted by atomic mass is 9.96. The number of hydrogen-bond acceptors (Lipinski definition) is 4.